The number of nitrogens with one attached hydrogen (secondary N) is 1. The molecule has 3 nitrogen and oxygen atoms in total. The number of halogens is 2. The van der Waals surface area contributed by atoms with E-state index in [1.54, 1.807) is 0 Å². The largest absolute Gasteiger partial charge is 0.480 e. The molecule has 0 radical (unpaired) electrons. The SMILES string of the molecule is CNC(C(=O)O)c1cc(F)ccc1F. The van der Waals surface area contributed by atoms with Gasteiger partial charge in [0.15, 0.2) is 0 Å². The molecule has 0 aromatic heterocycles. The number of benzene rings is 1. The van der Waals surface area contributed by atoms with Gasteiger partial charge < -0.3 is 10.4 Å². The Morgan fingerprint density at radius 3 is 2.64 bits per heavy atom. The number of rotatable bonds is 3. The van der Waals surface area contributed by atoms with E-state index in [4.69, 9.17) is 5.11 Å². The molecule has 2 N–H and O–H groups in total. The fourth-order valence-corrected chi connectivity index (χ4v) is 1.15. The van der Waals surface area contributed by atoms with Crippen molar-refractivity contribution in [3.8, 4) is 0 Å². The zero-order valence-corrected chi connectivity index (χ0v) is 7.42. The van der Waals surface area contributed by atoms with E-state index in [1.807, 2.05) is 0 Å². The zero-order chi connectivity index (χ0) is 10.7. The molecule has 0 bridgehead atoms. The summed E-state index contributed by atoms with van der Waals surface area (Å²) < 4.78 is 25.8. The molecule has 0 amide bonds. The predicted octanol–water partition coefficient (Wildman–Crippen LogP) is 1.31. The quantitative estimate of drug-likeness (QED) is 0.775. The molecule has 5 heteroatoms. The maximum Gasteiger partial charge on any atom is 0.325 e. The van der Waals surface area contributed by atoms with Crippen LogP contribution < -0.4 is 5.32 Å². The van der Waals surface area contributed by atoms with Crippen LogP contribution >= 0.6 is 0 Å². The lowest BCUT2D eigenvalue weighted by Gasteiger charge is -2.12. The van der Waals surface area contributed by atoms with Crippen LogP contribution in [0.5, 0.6) is 0 Å². The molecule has 1 rings (SSSR count). The molecule has 1 atom stereocenters. The number of carboxylic acid groups (broad SMARTS) is 1. The van der Waals surface area contributed by atoms with Crippen LogP contribution in [0.15, 0.2) is 18.2 Å². The lowest BCUT2D eigenvalue weighted by Crippen LogP contribution is -2.26. The molecule has 0 heterocycles. The zero-order valence-electron chi connectivity index (χ0n) is 7.42. The van der Waals surface area contributed by atoms with Gasteiger partial charge in [-0.2, -0.15) is 0 Å². The van der Waals surface area contributed by atoms with E-state index < -0.39 is 23.6 Å². The van der Waals surface area contributed by atoms with Gasteiger partial charge in [0.05, 0.1) is 0 Å². The van der Waals surface area contributed by atoms with Gasteiger partial charge in [-0.3, -0.25) is 4.79 Å². The van der Waals surface area contributed by atoms with Crippen molar-refractivity contribution in [1.82, 2.24) is 5.32 Å². The maximum atomic E-state index is 13.1. The Labute approximate surface area is 79.4 Å². The highest BCUT2D eigenvalue weighted by Gasteiger charge is 2.21. The molecule has 0 aliphatic carbocycles. The van der Waals surface area contributed by atoms with Crippen molar-refractivity contribution in [3.63, 3.8) is 0 Å². The van der Waals surface area contributed by atoms with E-state index in [-0.39, 0.29) is 5.56 Å². The van der Waals surface area contributed by atoms with E-state index in [9.17, 15) is 13.6 Å². The fraction of sp³-hybridized carbons (Fsp3) is 0.222. The molecule has 0 saturated heterocycles. The molecule has 76 valence electrons. The summed E-state index contributed by atoms with van der Waals surface area (Å²) in [6, 6.07) is 1.47. The van der Waals surface area contributed by atoms with E-state index in [0.717, 1.165) is 18.2 Å². The van der Waals surface area contributed by atoms with Crippen molar-refractivity contribution in [2.24, 2.45) is 0 Å². The molecule has 0 spiro atoms. The van der Waals surface area contributed by atoms with Gasteiger partial charge in [0.25, 0.3) is 0 Å². The first-order chi connectivity index (χ1) is 6.56. The minimum Gasteiger partial charge on any atom is -0.480 e. The molecule has 1 aromatic carbocycles. The minimum absolute atomic E-state index is 0.208. The summed E-state index contributed by atoms with van der Waals surface area (Å²) in [4.78, 5) is 10.6. The number of hydrogen-bond donors (Lipinski definition) is 2. The van der Waals surface area contributed by atoms with Gasteiger partial charge in [0, 0.05) is 5.56 Å². The molecule has 1 unspecified atom stereocenters. The van der Waals surface area contributed by atoms with Crippen molar-refractivity contribution >= 4 is 5.97 Å². The van der Waals surface area contributed by atoms with Gasteiger partial charge in [-0.25, -0.2) is 8.78 Å². The normalized spacial score (nSPS) is 12.5. The summed E-state index contributed by atoms with van der Waals surface area (Å²) in [5.74, 6) is -2.66. The molecule has 1 aromatic rings. The van der Waals surface area contributed by atoms with Crippen LogP contribution in [0.3, 0.4) is 0 Å². The highest BCUT2D eigenvalue weighted by Crippen LogP contribution is 2.18. The summed E-state index contributed by atoms with van der Waals surface area (Å²) in [5.41, 5.74) is -0.208. The minimum atomic E-state index is -1.25. The molecule has 14 heavy (non-hydrogen) atoms. The van der Waals surface area contributed by atoms with E-state index >= 15 is 0 Å². The van der Waals surface area contributed by atoms with E-state index in [0.29, 0.717) is 0 Å². The molecular weight excluding hydrogens is 192 g/mol. The van der Waals surface area contributed by atoms with Crippen LogP contribution in [0.2, 0.25) is 0 Å². The first kappa shape index (κ1) is 10.6. The lowest BCUT2D eigenvalue weighted by molar-refractivity contribution is -0.139. The van der Waals surface area contributed by atoms with E-state index in [1.165, 1.54) is 7.05 Å². The summed E-state index contributed by atoms with van der Waals surface area (Å²) in [6.45, 7) is 0. The first-order valence-corrected chi connectivity index (χ1v) is 3.91. The van der Waals surface area contributed by atoms with Gasteiger partial charge >= 0.3 is 5.97 Å². The number of carbonyl (C=O) groups is 1. The molecule has 0 fully saturated rings. The Balaban J connectivity index is 3.15. The molecule has 0 saturated carbocycles. The topological polar surface area (TPSA) is 49.3 Å². The van der Waals surface area contributed by atoms with Crippen molar-refractivity contribution in [2.75, 3.05) is 7.05 Å². The summed E-state index contributed by atoms with van der Waals surface area (Å²) in [5, 5.41) is 11.1. The number of aliphatic carboxylic acids is 1. The smallest absolute Gasteiger partial charge is 0.325 e. The highest BCUT2D eigenvalue weighted by atomic mass is 19.1. The second-order valence-electron chi connectivity index (χ2n) is 2.73. The van der Waals surface area contributed by atoms with Gasteiger partial charge in [-0.05, 0) is 25.2 Å². The first-order valence-electron chi connectivity index (χ1n) is 3.91. The fourth-order valence-electron chi connectivity index (χ4n) is 1.15. The number of likely N-dealkylation sites (N-methyl/N-ethyl adjacent to an activating group) is 1. The van der Waals surface area contributed by atoms with Crippen LogP contribution in [0.1, 0.15) is 11.6 Å². The average molecular weight is 201 g/mol. The van der Waals surface area contributed by atoms with Crippen molar-refractivity contribution < 1.29 is 18.7 Å². The molecular formula is C9H9F2NO2. The third-order valence-electron chi connectivity index (χ3n) is 1.80. The van der Waals surface area contributed by atoms with Crippen molar-refractivity contribution in [1.29, 1.82) is 0 Å². The standard InChI is InChI=1S/C9H9F2NO2/c1-12-8(9(13)14)6-4-5(10)2-3-7(6)11/h2-4,8,12H,1H3,(H,13,14). The van der Waals surface area contributed by atoms with Crippen LogP contribution in [0.4, 0.5) is 8.78 Å². The highest BCUT2D eigenvalue weighted by molar-refractivity contribution is 5.75. The lowest BCUT2D eigenvalue weighted by atomic mass is 10.1. The van der Waals surface area contributed by atoms with Crippen LogP contribution in [-0.4, -0.2) is 18.1 Å². The Kier molecular flexibility index (Phi) is 3.14. The Morgan fingerprint density at radius 2 is 2.14 bits per heavy atom. The number of hydrogen-bond acceptors (Lipinski definition) is 2. The average Bonchev–Trinajstić information content (AvgIpc) is 2.11. The Hall–Kier alpha value is -1.49. The van der Waals surface area contributed by atoms with Gasteiger partial charge in [-0.15, -0.1) is 0 Å². The van der Waals surface area contributed by atoms with Crippen LogP contribution in [0, 0.1) is 11.6 Å². The van der Waals surface area contributed by atoms with Gasteiger partial charge in [0.2, 0.25) is 0 Å². The summed E-state index contributed by atoms with van der Waals surface area (Å²) in [6.07, 6.45) is 0. The summed E-state index contributed by atoms with van der Waals surface area (Å²) in [7, 11) is 1.36. The maximum absolute atomic E-state index is 13.1. The van der Waals surface area contributed by atoms with Gasteiger partial charge in [0.1, 0.15) is 17.7 Å². The van der Waals surface area contributed by atoms with Gasteiger partial charge in [-0.1, -0.05) is 0 Å². The third kappa shape index (κ3) is 2.05. The second kappa shape index (κ2) is 4.15. The third-order valence-corrected chi connectivity index (χ3v) is 1.80. The number of carboxylic acids is 1. The van der Waals surface area contributed by atoms with E-state index in [2.05, 4.69) is 5.32 Å². The predicted molar refractivity (Wildman–Crippen MR) is 45.8 cm³/mol. The monoisotopic (exact) mass is 201 g/mol. The Bertz CT molecular complexity index is 355. The molecule has 0 aliphatic heterocycles. The second-order valence-corrected chi connectivity index (χ2v) is 2.73. The van der Waals surface area contributed by atoms with Crippen LogP contribution in [-0.2, 0) is 4.79 Å². The molecule has 0 aliphatic rings. The summed E-state index contributed by atoms with van der Waals surface area (Å²) >= 11 is 0. The van der Waals surface area contributed by atoms with Crippen molar-refractivity contribution in [2.45, 2.75) is 6.04 Å². The Morgan fingerprint density at radius 1 is 1.50 bits per heavy atom. The van der Waals surface area contributed by atoms with Crippen molar-refractivity contribution in [3.05, 3.63) is 35.4 Å². The van der Waals surface area contributed by atoms with Crippen LogP contribution in [0.25, 0.3) is 0 Å².